The van der Waals surface area contributed by atoms with E-state index in [9.17, 15) is 9.59 Å². The number of nitrogens with one attached hydrogen (secondary N) is 1. The number of hydrogen-bond donors (Lipinski definition) is 1. The predicted molar refractivity (Wildman–Crippen MR) is 75.0 cm³/mol. The maximum absolute atomic E-state index is 12.5. The summed E-state index contributed by atoms with van der Waals surface area (Å²) in [5.41, 5.74) is 1.17. The lowest BCUT2D eigenvalue weighted by atomic mass is 9.94. The van der Waals surface area contributed by atoms with Crippen LogP contribution in [0.2, 0.25) is 0 Å². The van der Waals surface area contributed by atoms with Crippen molar-refractivity contribution in [2.24, 2.45) is 0 Å². The fourth-order valence-corrected chi connectivity index (χ4v) is 2.31. The minimum Gasteiger partial charge on any atom is -0.340 e. The fourth-order valence-electron chi connectivity index (χ4n) is 2.31. The van der Waals surface area contributed by atoms with Crippen LogP contribution < -0.4 is 10.2 Å². The number of anilines is 1. The van der Waals surface area contributed by atoms with Gasteiger partial charge in [0.2, 0.25) is 5.91 Å². The average molecular weight is 260 g/mol. The SMILES string of the molecule is CCc1cccc(N2CC(=O)NC(C)(CC)C2=O)c1. The Labute approximate surface area is 113 Å². The van der Waals surface area contributed by atoms with Gasteiger partial charge in [-0.25, -0.2) is 0 Å². The van der Waals surface area contributed by atoms with Crippen LogP contribution in [-0.4, -0.2) is 23.9 Å². The highest BCUT2D eigenvalue weighted by atomic mass is 16.2. The van der Waals surface area contributed by atoms with Gasteiger partial charge in [0.05, 0.1) is 0 Å². The second-order valence-electron chi connectivity index (χ2n) is 5.15. The molecule has 2 rings (SSSR count). The molecule has 1 fully saturated rings. The van der Waals surface area contributed by atoms with E-state index in [1.165, 1.54) is 0 Å². The monoisotopic (exact) mass is 260 g/mol. The van der Waals surface area contributed by atoms with Crippen molar-refractivity contribution in [2.75, 3.05) is 11.4 Å². The molecule has 1 unspecified atom stereocenters. The summed E-state index contributed by atoms with van der Waals surface area (Å²) < 4.78 is 0. The first-order valence-corrected chi connectivity index (χ1v) is 6.72. The summed E-state index contributed by atoms with van der Waals surface area (Å²) in [6, 6.07) is 7.81. The van der Waals surface area contributed by atoms with E-state index in [4.69, 9.17) is 0 Å². The van der Waals surface area contributed by atoms with E-state index in [0.717, 1.165) is 17.7 Å². The highest BCUT2D eigenvalue weighted by Crippen LogP contribution is 2.24. The third-order valence-electron chi connectivity index (χ3n) is 3.77. The lowest BCUT2D eigenvalue weighted by Crippen LogP contribution is -2.65. The van der Waals surface area contributed by atoms with Gasteiger partial charge in [-0.1, -0.05) is 26.0 Å². The van der Waals surface area contributed by atoms with Crippen molar-refractivity contribution < 1.29 is 9.59 Å². The van der Waals surface area contributed by atoms with Crippen LogP contribution in [0.15, 0.2) is 24.3 Å². The van der Waals surface area contributed by atoms with Gasteiger partial charge in [0, 0.05) is 5.69 Å². The zero-order chi connectivity index (χ0) is 14.0. The van der Waals surface area contributed by atoms with Gasteiger partial charge in [-0.3, -0.25) is 9.59 Å². The smallest absolute Gasteiger partial charge is 0.252 e. The molecular formula is C15H20N2O2. The van der Waals surface area contributed by atoms with Gasteiger partial charge in [-0.15, -0.1) is 0 Å². The Kier molecular flexibility index (Phi) is 3.60. The van der Waals surface area contributed by atoms with Crippen LogP contribution in [0.4, 0.5) is 5.69 Å². The standard InChI is InChI=1S/C15H20N2O2/c1-4-11-7-6-8-12(9-11)17-10-13(18)16-15(3,5-2)14(17)19/h6-9H,4-5,10H2,1-3H3,(H,16,18). The van der Waals surface area contributed by atoms with Crippen molar-refractivity contribution in [1.82, 2.24) is 5.32 Å². The van der Waals surface area contributed by atoms with Crippen LogP contribution in [-0.2, 0) is 16.0 Å². The minimum absolute atomic E-state index is 0.0390. The quantitative estimate of drug-likeness (QED) is 0.902. The van der Waals surface area contributed by atoms with Crippen LogP contribution in [0, 0.1) is 0 Å². The maximum atomic E-state index is 12.5. The van der Waals surface area contributed by atoms with Crippen molar-refractivity contribution in [3.05, 3.63) is 29.8 Å². The van der Waals surface area contributed by atoms with Crippen molar-refractivity contribution in [3.63, 3.8) is 0 Å². The molecule has 0 aromatic heterocycles. The van der Waals surface area contributed by atoms with Crippen molar-refractivity contribution in [3.8, 4) is 0 Å². The number of amides is 2. The molecule has 102 valence electrons. The van der Waals surface area contributed by atoms with Crippen LogP contribution in [0.5, 0.6) is 0 Å². The molecule has 0 bridgehead atoms. The van der Waals surface area contributed by atoms with Gasteiger partial charge in [0.25, 0.3) is 5.91 Å². The van der Waals surface area contributed by atoms with Gasteiger partial charge in [0.15, 0.2) is 0 Å². The second kappa shape index (κ2) is 5.03. The van der Waals surface area contributed by atoms with Crippen LogP contribution >= 0.6 is 0 Å². The number of benzene rings is 1. The van der Waals surface area contributed by atoms with Crippen LogP contribution in [0.25, 0.3) is 0 Å². The molecule has 0 spiro atoms. The van der Waals surface area contributed by atoms with E-state index in [2.05, 4.69) is 12.2 Å². The number of aryl methyl sites for hydroxylation is 1. The molecule has 2 amide bonds. The Hall–Kier alpha value is -1.84. The number of carbonyl (C=O) groups excluding carboxylic acids is 2. The van der Waals surface area contributed by atoms with Crippen molar-refractivity contribution in [1.29, 1.82) is 0 Å². The normalized spacial score (nSPS) is 23.4. The Balaban J connectivity index is 2.37. The largest absolute Gasteiger partial charge is 0.340 e. The summed E-state index contributed by atoms with van der Waals surface area (Å²) in [7, 11) is 0. The van der Waals surface area contributed by atoms with Crippen molar-refractivity contribution >= 4 is 17.5 Å². The Bertz CT molecular complexity index is 513. The van der Waals surface area contributed by atoms with Gasteiger partial charge < -0.3 is 10.2 Å². The Morgan fingerprint density at radius 2 is 2.05 bits per heavy atom. The number of piperazine rings is 1. The summed E-state index contributed by atoms with van der Waals surface area (Å²) >= 11 is 0. The molecule has 1 aromatic rings. The first-order valence-electron chi connectivity index (χ1n) is 6.72. The van der Waals surface area contributed by atoms with Gasteiger partial charge in [-0.2, -0.15) is 0 Å². The predicted octanol–water partition coefficient (Wildman–Crippen LogP) is 1.88. The molecule has 0 radical (unpaired) electrons. The zero-order valence-corrected chi connectivity index (χ0v) is 11.7. The topological polar surface area (TPSA) is 49.4 Å². The summed E-state index contributed by atoms with van der Waals surface area (Å²) in [5.74, 6) is -0.145. The van der Waals surface area contributed by atoms with Crippen LogP contribution in [0.1, 0.15) is 32.8 Å². The first-order chi connectivity index (χ1) is 9.00. The van der Waals surface area contributed by atoms with Crippen LogP contribution in [0.3, 0.4) is 0 Å². The lowest BCUT2D eigenvalue weighted by Gasteiger charge is -2.39. The lowest BCUT2D eigenvalue weighted by molar-refractivity contribution is -0.135. The molecule has 1 aliphatic rings. The maximum Gasteiger partial charge on any atom is 0.252 e. The average Bonchev–Trinajstić information content (AvgIpc) is 2.43. The Morgan fingerprint density at radius 1 is 1.32 bits per heavy atom. The summed E-state index contributed by atoms with van der Waals surface area (Å²) in [5, 5.41) is 2.79. The molecule has 4 nitrogen and oxygen atoms in total. The Morgan fingerprint density at radius 3 is 2.68 bits per heavy atom. The molecule has 1 atom stereocenters. The third-order valence-corrected chi connectivity index (χ3v) is 3.77. The summed E-state index contributed by atoms with van der Waals surface area (Å²) in [6.07, 6.45) is 1.49. The molecule has 4 heteroatoms. The molecule has 0 saturated carbocycles. The first kappa shape index (κ1) is 13.6. The summed E-state index contributed by atoms with van der Waals surface area (Å²) in [6.45, 7) is 5.86. The van der Waals surface area contributed by atoms with Gasteiger partial charge >= 0.3 is 0 Å². The second-order valence-corrected chi connectivity index (χ2v) is 5.15. The number of rotatable bonds is 3. The van der Waals surface area contributed by atoms with E-state index in [1.807, 2.05) is 31.2 Å². The van der Waals surface area contributed by atoms with E-state index < -0.39 is 5.54 Å². The number of hydrogen-bond acceptors (Lipinski definition) is 2. The van der Waals surface area contributed by atoms with Gasteiger partial charge in [-0.05, 0) is 37.5 Å². The number of nitrogens with zero attached hydrogens (tertiary/aromatic N) is 1. The molecule has 1 aliphatic heterocycles. The minimum atomic E-state index is -0.794. The number of carbonyl (C=O) groups is 2. The highest BCUT2D eigenvalue weighted by Gasteiger charge is 2.42. The third kappa shape index (κ3) is 2.48. The highest BCUT2D eigenvalue weighted by molar-refractivity contribution is 6.08. The molecule has 1 N–H and O–H groups in total. The van der Waals surface area contributed by atoms with E-state index in [0.29, 0.717) is 6.42 Å². The molecule has 19 heavy (non-hydrogen) atoms. The molecule has 1 heterocycles. The fraction of sp³-hybridized carbons (Fsp3) is 0.467. The zero-order valence-electron chi connectivity index (χ0n) is 11.7. The summed E-state index contributed by atoms with van der Waals surface area (Å²) in [4.78, 5) is 25.9. The molecular weight excluding hydrogens is 240 g/mol. The molecule has 1 aromatic carbocycles. The van der Waals surface area contributed by atoms with E-state index in [1.54, 1.807) is 11.8 Å². The molecule has 0 aliphatic carbocycles. The molecule has 1 saturated heterocycles. The van der Waals surface area contributed by atoms with Gasteiger partial charge in [0.1, 0.15) is 12.1 Å². The van der Waals surface area contributed by atoms with Crippen molar-refractivity contribution in [2.45, 2.75) is 39.2 Å². The van der Waals surface area contributed by atoms with E-state index >= 15 is 0 Å². The van der Waals surface area contributed by atoms with E-state index in [-0.39, 0.29) is 18.4 Å².